The van der Waals surface area contributed by atoms with Gasteiger partial charge in [0.2, 0.25) is 5.91 Å². The van der Waals surface area contributed by atoms with Gasteiger partial charge in [0.05, 0.1) is 21.1 Å². The first kappa shape index (κ1) is 17.7. The Balaban J connectivity index is 1.49. The highest BCUT2D eigenvalue weighted by atomic mass is 32.1. The van der Waals surface area contributed by atoms with Crippen molar-refractivity contribution in [2.24, 2.45) is 5.41 Å². The number of benzene rings is 2. The molecule has 1 atom stereocenters. The summed E-state index contributed by atoms with van der Waals surface area (Å²) >= 11 is 1.55. The predicted molar refractivity (Wildman–Crippen MR) is 108 cm³/mol. The Morgan fingerprint density at radius 2 is 2.00 bits per heavy atom. The molecule has 6 heteroatoms. The van der Waals surface area contributed by atoms with E-state index in [1.807, 2.05) is 55.5 Å². The summed E-state index contributed by atoms with van der Waals surface area (Å²) < 4.78 is 1.04. The third-order valence-electron chi connectivity index (χ3n) is 5.14. The second-order valence-corrected chi connectivity index (χ2v) is 8.13. The number of amides is 2. The molecule has 0 spiro atoms. The van der Waals surface area contributed by atoms with E-state index in [2.05, 4.69) is 10.3 Å². The maximum Gasteiger partial charge on any atom is 0.253 e. The van der Waals surface area contributed by atoms with E-state index in [1.165, 1.54) is 0 Å². The van der Waals surface area contributed by atoms with Crippen LogP contribution >= 0.6 is 11.3 Å². The lowest BCUT2D eigenvalue weighted by Crippen LogP contribution is -2.50. The normalized spacial score (nSPS) is 19.8. The van der Waals surface area contributed by atoms with Gasteiger partial charge in [0.1, 0.15) is 0 Å². The lowest BCUT2D eigenvalue weighted by Gasteiger charge is -2.39. The van der Waals surface area contributed by atoms with Gasteiger partial charge in [-0.15, -0.1) is 11.3 Å². The van der Waals surface area contributed by atoms with E-state index in [0.717, 1.165) is 28.7 Å². The summed E-state index contributed by atoms with van der Waals surface area (Å²) in [5.41, 5.74) is 3.56. The van der Waals surface area contributed by atoms with Gasteiger partial charge in [0.25, 0.3) is 5.91 Å². The molecule has 2 heterocycles. The lowest BCUT2D eigenvalue weighted by atomic mass is 9.80. The van der Waals surface area contributed by atoms with Crippen molar-refractivity contribution in [1.29, 1.82) is 0 Å². The molecule has 27 heavy (non-hydrogen) atoms. The van der Waals surface area contributed by atoms with Gasteiger partial charge in [-0.2, -0.15) is 0 Å². The van der Waals surface area contributed by atoms with E-state index in [9.17, 15) is 9.59 Å². The highest BCUT2D eigenvalue weighted by Crippen LogP contribution is 2.32. The molecule has 0 aliphatic carbocycles. The zero-order chi connectivity index (χ0) is 18.9. The summed E-state index contributed by atoms with van der Waals surface area (Å²) in [7, 11) is 0. The molecule has 2 amide bonds. The number of piperidine rings is 1. The number of likely N-dealkylation sites (tertiary alicyclic amines) is 1. The average Bonchev–Trinajstić information content (AvgIpc) is 3.16. The van der Waals surface area contributed by atoms with Crippen molar-refractivity contribution in [3.8, 4) is 0 Å². The number of hydrogen-bond donors (Lipinski definition) is 1. The average molecular weight is 379 g/mol. The van der Waals surface area contributed by atoms with Crippen LogP contribution in [0.3, 0.4) is 0 Å². The molecule has 1 N–H and O–H groups in total. The van der Waals surface area contributed by atoms with E-state index in [4.69, 9.17) is 0 Å². The van der Waals surface area contributed by atoms with Crippen LogP contribution in [0, 0.1) is 5.41 Å². The standard InChI is InChI=1S/C21H21N3O2S/c1-21(20(26)23-16-8-9-17-18(12-16)27-14-22-17)10-5-11-24(13-21)19(25)15-6-3-2-4-7-15/h2-4,6-9,12,14H,5,10-11,13H2,1H3,(H,23,26). The number of thiazole rings is 1. The molecule has 2 aromatic carbocycles. The minimum absolute atomic E-state index is 0.0135. The van der Waals surface area contributed by atoms with Crippen molar-refractivity contribution < 1.29 is 9.59 Å². The van der Waals surface area contributed by atoms with Gasteiger partial charge >= 0.3 is 0 Å². The van der Waals surface area contributed by atoms with Gasteiger partial charge in [-0.3, -0.25) is 9.59 Å². The molecular formula is C21H21N3O2S. The number of carbonyl (C=O) groups is 2. The Kier molecular flexibility index (Phi) is 4.66. The maximum absolute atomic E-state index is 13.0. The number of nitrogens with one attached hydrogen (secondary N) is 1. The van der Waals surface area contributed by atoms with Crippen LogP contribution in [0.5, 0.6) is 0 Å². The summed E-state index contributed by atoms with van der Waals surface area (Å²) in [6.07, 6.45) is 1.58. The van der Waals surface area contributed by atoms with Crippen molar-refractivity contribution in [3.05, 3.63) is 59.6 Å². The number of hydrogen-bond acceptors (Lipinski definition) is 4. The molecule has 1 unspecified atom stereocenters. The number of rotatable bonds is 3. The quantitative estimate of drug-likeness (QED) is 0.743. The van der Waals surface area contributed by atoms with Crippen LogP contribution in [0.25, 0.3) is 10.2 Å². The first-order valence-electron chi connectivity index (χ1n) is 9.04. The van der Waals surface area contributed by atoms with E-state index < -0.39 is 5.41 Å². The highest BCUT2D eigenvalue weighted by molar-refractivity contribution is 7.16. The number of anilines is 1. The van der Waals surface area contributed by atoms with Crippen molar-refractivity contribution in [2.75, 3.05) is 18.4 Å². The van der Waals surface area contributed by atoms with E-state index in [1.54, 1.807) is 21.7 Å². The monoisotopic (exact) mass is 379 g/mol. The molecule has 0 saturated carbocycles. The zero-order valence-electron chi connectivity index (χ0n) is 15.1. The lowest BCUT2D eigenvalue weighted by molar-refractivity contribution is -0.127. The van der Waals surface area contributed by atoms with Crippen molar-refractivity contribution in [1.82, 2.24) is 9.88 Å². The smallest absolute Gasteiger partial charge is 0.253 e. The topological polar surface area (TPSA) is 62.3 Å². The maximum atomic E-state index is 13.0. The summed E-state index contributed by atoms with van der Waals surface area (Å²) in [5, 5.41) is 3.04. The molecule has 5 nitrogen and oxygen atoms in total. The summed E-state index contributed by atoms with van der Waals surface area (Å²) in [6.45, 7) is 3.05. The molecule has 1 aliphatic rings. The van der Waals surface area contributed by atoms with E-state index in [-0.39, 0.29) is 11.8 Å². The summed E-state index contributed by atoms with van der Waals surface area (Å²) in [6, 6.07) is 15.0. The van der Waals surface area contributed by atoms with Crippen LogP contribution in [0.4, 0.5) is 5.69 Å². The van der Waals surface area contributed by atoms with Crippen molar-refractivity contribution >= 4 is 39.1 Å². The third kappa shape index (κ3) is 3.57. The fraction of sp³-hybridized carbons (Fsp3) is 0.286. The first-order valence-corrected chi connectivity index (χ1v) is 9.92. The number of carbonyl (C=O) groups excluding carboxylic acids is 2. The molecule has 1 saturated heterocycles. The Labute approximate surface area is 162 Å². The van der Waals surface area contributed by atoms with Gasteiger partial charge < -0.3 is 10.2 Å². The molecule has 138 valence electrons. The van der Waals surface area contributed by atoms with E-state index >= 15 is 0 Å². The second-order valence-electron chi connectivity index (χ2n) is 7.25. The minimum atomic E-state index is -0.606. The largest absolute Gasteiger partial charge is 0.338 e. The van der Waals surface area contributed by atoms with Gasteiger partial charge in [-0.1, -0.05) is 18.2 Å². The van der Waals surface area contributed by atoms with Crippen LogP contribution in [-0.2, 0) is 4.79 Å². The minimum Gasteiger partial charge on any atom is -0.338 e. The molecule has 1 aromatic heterocycles. The van der Waals surface area contributed by atoms with Crippen LogP contribution in [0.2, 0.25) is 0 Å². The number of aromatic nitrogens is 1. The Morgan fingerprint density at radius 1 is 1.19 bits per heavy atom. The van der Waals surface area contributed by atoms with E-state index in [0.29, 0.717) is 18.7 Å². The molecule has 3 aromatic rings. The van der Waals surface area contributed by atoms with Gasteiger partial charge in [-0.05, 0) is 50.1 Å². The number of nitrogens with zero attached hydrogens (tertiary/aromatic N) is 2. The molecule has 0 radical (unpaired) electrons. The Hall–Kier alpha value is -2.73. The van der Waals surface area contributed by atoms with Crippen molar-refractivity contribution in [2.45, 2.75) is 19.8 Å². The third-order valence-corrected chi connectivity index (χ3v) is 5.93. The Morgan fingerprint density at radius 3 is 2.81 bits per heavy atom. The van der Waals surface area contributed by atoms with Gasteiger partial charge in [-0.25, -0.2) is 4.98 Å². The fourth-order valence-corrected chi connectivity index (χ4v) is 4.29. The van der Waals surface area contributed by atoms with Crippen LogP contribution < -0.4 is 5.32 Å². The highest BCUT2D eigenvalue weighted by Gasteiger charge is 2.39. The first-order chi connectivity index (χ1) is 13.0. The fourth-order valence-electron chi connectivity index (χ4n) is 3.58. The van der Waals surface area contributed by atoms with Gasteiger partial charge in [0, 0.05) is 24.3 Å². The molecule has 4 rings (SSSR count). The SMILES string of the molecule is CC1(C(=O)Nc2ccc3ncsc3c2)CCCN(C(=O)c2ccccc2)C1. The van der Waals surface area contributed by atoms with Crippen LogP contribution in [0.15, 0.2) is 54.0 Å². The summed E-state index contributed by atoms with van der Waals surface area (Å²) in [4.78, 5) is 31.8. The van der Waals surface area contributed by atoms with Gasteiger partial charge in [0.15, 0.2) is 0 Å². The molecule has 0 bridgehead atoms. The van der Waals surface area contributed by atoms with Crippen LogP contribution in [-0.4, -0.2) is 34.8 Å². The second kappa shape index (κ2) is 7.12. The number of fused-ring (bicyclic) bond motifs is 1. The predicted octanol–water partition coefficient (Wildman–Crippen LogP) is 4.18. The van der Waals surface area contributed by atoms with Crippen molar-refractivity contribution in [3.63, 3.8) is 0 Å². The molecule has 1 fully saturated rings. The molecule has 1 aliphatic heterocycles. The molecular weight excluding hydrogens is 358 g/mol. The summed E-state index contributed by atoms with van der Waals surface area (Å²) in [5.74, 6) is -0.0580. The zero-order valence-corrected chi connectivity index (χ0v) is 16.0. The van der Waals surface area contributed by atoms with Crippen LogP contribution in [0.1, 0.15) is 30.1 Å². The Bertz CT molecular complexity index is 985.